The van der Waals surface area contributed by atoms with Gasteiger partial charge >= 0.3 is 0 Å². The van der Waals surface area contributed by atoms with Crippen LogP contribution in [-0.4, -0.2) is 23.2 Å². The van der Waals surface area contributed by atoms with E-state index in [0.717, 1.165) is 36.9 Å². The summed E-state index contributed by atoms with van der Waals surface area (Å²) >= 11 is 0. The van der Waals surface area contributed by atoms with Crippen LogP contribution < -0.4 is 10.1 Å². The highest BCUT2D eigenvalue weighted by Crippen LogP contribution is 2.24. The van der Waals surface area contributed by atoms with Gasteiger partial charge in [0.2, 0.25) is 11.7 Å². The first-order valence-electron chi connectivity index (χ1n) is 7.93. The maximum Gasteiger partial charge on any atom is 0.290 e. The molecule has 0 radical (unpaired) electrons. The molecule has 1 aliphatic carbocycles. The maximum atomic E-state index is 12.3. The van der Waals surface area contributed by atoms with Crippen molar-refractivity contribution in [1.82, 2.24) is 15.5 Å². The Morgan fingerprint density at radius 1 is 1.33 bits per heavy atom. The van der Waals surface area contributed by atoms with Gasteiger partial charge in [-0.15, -0.1) is 0 Å². The first kappa shape index (κ1) is 14.7. The fourth-order valence-electron chi connectivity index (χ4n) is 2.96. The van der Waals surface area contributed by atoms with Crippen molar-refractivity contribution in [2.45, 2.75) is 32.2 Å². The highest BCUT2D eigenvalue weighted by Gasteiger charge is 2.24. The largest absolute Gasteiger partial charge is 0.497 e. The molecule has 1 aliphatic rings. The van der Waals surface area contributed by atoms with E-state index in [1.165, 1.54) is 0 Å². The number of rotatable bonds is 4. The summed E-state index contributed by atoms with van der Waals surface area (Å²) in [6, 6.07) is 5.38. The highest BCUT2D eigenvalue weighted by molar-refractivity contribution is 5.93. The van der Waals surface area contributed by atoms with E-state index in [-0.39, 0.29) is 12.5 Å². The summed E-state index contributed by atoms with van der Waals surface area (Å²) in [5, 5.41) is 6.78. The van der Waals surface area contributed by atoms with Crippen LogP contribution in [0, 0.1) is 0 Å². The molecule has 2 heterocycles. The molecule has 1 N–H and O–H groups in total. The molecule has 7 heteroatoms. The fraction of sp³-hybridized carbons (Fsp3) is 0.353. The van der Waals surface area contributed by atoms with Crippen LogP contribution in [0.4, 0.5) is 0 Å². The summed E-state index contributed by atoms with van der Waals surface area (Å²) in [4.78, 5) is 16.7. The molecule has 24 heavy (non-hydrogen) atoms. The van der Waals surface area contributed by atoms with E-state index in [0.29, 0.717) is 28.5 Å². The minimum absolute atomic E-state index is 0.186. The Hall–Kier alpha value is -2.83. The van der Waals surface area contributed by atoms with Gasteiger partial charge in [-0.2, -0.15) is 0 Å². The third-order valence-electron chi connectivity index (χ3n) is 4.21. The monoisotopic (exact) mass is 327 g/mol. The molecular formula is C17H17N3O4. The average Bonchev–Trinajstić information content (AvgIpc) is 3.22. The molecule has 0 unspecified atom stereocenters. The lowest BCUT2D eigenvalue weighted by Gasteiger charge is -2.08. The van der Waals surface area contributed by atoms with Crippen molar-refractivity contribution in [3.8, 4) is 5.75 Å². The van der Waals surface area contributed by atoms with Gasteiger partial charge in [0.25, 0.3) is 5.91 Å². The second-order valence-electron chi connectivity index (χ2n) is 5.77. The van der Waals surface area contributed by atoms with Gasteiger partial charge in [-0.05, 0) is 37.8 Å². The van der Waals surface area contributed by atoms with E-state index in [9.17, 15) is 4.79 Å². The van der Waals surface area contributed by atoms with Crippen LogP contribution in [0.25, 0.3) is 11.1 Å². The smallest absolute Gasteiger partial charge is 0.290 e. The Morgan fingerprint density at radius 2 is 2.21 bits per heavy atom. The van der Waals surface area contributed by atoms with Crippen molar-refractivity contribution in [1.29, 1.82) is 0 Å². The number of nitrogens with zero attached hydrogens (tertiary/aromatic N) is 2. The van der Waals surface area contributed by atoms with Crippen molar-refractivity contribution >= 4 is 17.0 Å². The summed E-state index contributed by atoms with van der Waals surface area (Å²) < 4.78 is 16.0. The average molecular weight is 327 g/mol. The van der Waals surface area contributed by atoms with Gasteiger partial charge in [0, 0.05) is 11.6 Å². The first-order chi connectivity index (χ1) is 11.7. The molecule has 0 atom stereocenters. The Bertz CT molecular complexity index is 897. The summed E-state index contributed by atoms with van der Waals surface area (Å²) in [5.74, 6) is 1.16. The fourth-order valence-corrected chi connectivity index (χ4v) is 2.96. The van der Waals surface area contributed by atoms with Crippen molar-refractivity contribution in [2.75, 3.05) is 7.11 Å². The normalized spacial score (nSPS) is 13.7. The molecule has 0 aliphatic heterocycles. The lowest BCUT2D eigenvalue weighted by Crippen LogP contribution is -2.24. The van der Waals surface area contributed by atoms with Gasteiger partial charge in [-0.1, -0.05) is 5.16 Å². The molecule has 124 valence electrons. The molecule has 0 saturated carbocycles. The second-order valence-corrected chi connectivity index (χ2v) is 5.77. The van der Waals surface area contributed by atoms with E-state index < -0.39 is 0 Å². The van der Waals surface area contributed by atoms with Crippen molar-refractivity contribution in [2.24, 2.45) is 0 Å². The number of amides is 1. The predicted molar refractivity (Wildman–Crippen MR) is 84.9 cm³/mol. The van der Waals surface area contributed by atoms with Crippen LogP contribution in [0.5, 0.6) is 5.75 Å². The lowest BCUT2D eigenvalue weighted by atomic mass is 9.96. The highest BCUT2D eigenvalue weighted by atomic mass is 16.5. The maximum absolute atomic E-state index is 12.3. The Kier molecular flexibility index (Phi) is 3.68. The number of hydrogen-bond acceptors (Lipinski definition) is 6. The van der Waals surface area contributed by atoms with Crippen LogP contribution in [0.2, 0.25) is 0 Å². The van der Waals surface area contributed by atoms with E-state index in [4.69, 9.17) is 13.7 Å². The summed E-state index contributed by atoms with van der Waals surface area (Å²) in [7, 11) is 1.60. The number of carbonyl (C=O) groups is 1. The van der Waals surface area contributed by atoms with Crippen molar-refractivity contribution in [3.63, 3.8) is 0 Å². The van der Waals surface area contributed by atoms with Gasteiger partial charge in [-0.25, -0.2) is 4.98 Å². The van der Waals surface area contributed by atoms with Crippen molar-refractivity contribution in [3.05, 3.63) is 41.1 Å². The van der Waals surface area contributed by atoms with Gasteiger partial charge in [-0.3, -0.25) is 4.79 Å². The number of hydrogen-bond donors (Lipinski definition) is 1. The standard InChI is InChI=1S/C17H17N3O4/c1-22-10-6-7-14-13(8-10)19-15(23-14)9-18-17(21)16-11-4-2-3-5-12(11)20-24-16/h6-8H,2-5,9H2,1H3,(H,18,21). The summed E-state index contributed by atoms with van der Waals surface area (Å²) in [6.07, 6.45) is 3.86. The summed E-state index contributed by atoms with van der Waals surface area (Å²) in [6.45, 7) is 0.186. The molecule has 1 amide bonds. The Balaban J connectivity index is 1.48. The Labute approximate surface area is 138 Å². The molecular weight excluding hydrogens is 310 g/mol. The molecule has 4 rings (SSSR count). The molecule has 0 spiro atoms. The molecule has 0 bridgehead atoms. The number of fused-ring (bicyclic) bond motifs is 2. The zero-order valence-corrected chi connectivity index (χ0v) is 13.3. The second kappa shape index (κ2) is 5.99. The van der Waals surface area contributed by atoms with E-state index in [1.54, 1.807) is 25.3 Å². The molecule has 1 aromatic carbocycles. The molecule has 3 aromatic rings. The molecule has 7 nitrogen and oxygen atoms in total. The van der Waals surface area contributed by atoms with Crippen LogP contribution in [0.1, 0.15) is 40.5 Å². The molecule has 0 saturated heterocycles. The number of ether oxygens (including phenoxy) is 1. The molecule has 2 aromatic heterocycles. The van der Waals surface area contributed by atoms with E-state index in [1.807, 2.05) is 0 Å². The number of carbonyl (C=O) groups excluding carboxylic acids is 1. The predicted octanol–water partition coefficient (Wildman–Crippen LogP) is 2.63. The van der Waals surface area contributed by atoms with Gasteiger partial charge in [0.1, 0.15) is 11.3 Å². The third-order valence-corrected chi connectivity index (χ3v) is 4.21. The van der Waals surface area contributed by atoms with Gasteiger partial charge in [0.15, 0.2) is 5.58 Å². The third kappa shape index (κ3) is 2.62. The Morgan fingerprint density at radius 3 is 3.08 bits per heavy atom. The minimum Gasteiger partial charge on any atom is -0.497 e. The number of aromatic nitrogens is 2. The quantitative estimate of drug-likeness (QED) is 0.792. The molecule has 0 fully saturated rings. The van der Waals surface area contributed by atoms with E-state index in [2.05, 4.69) is 15.5 Å². The topological polar surface area (TPSA) is 90.4 Å². The zero-order chi connectivity index (χ0) is 16.5. The van der Waals surface area contributed by atoms with Crippen molar-refractivity contribution < 1.29 is 18.5 Å². The number of nitrogens with one attached hydrogen (secondary N) is 1. The number of oxazole rings is 1. The zero-order valence-electron chi connectivity index (χ0n) is 13.3. The van der Waals surface area contributed by atoms with Crippen LogP contribution >= 0.6 is 0 Å². The van der Waals surface area contributed by atoms with E-state index >= 15 is 0 Å². The lowest BCUT2D eigenvalue weighted by molar-refractivity contribution is 0.0909. The number of methoxy groups -OCH3 is 1. The minimum atomic E-state index is -0.287. The SMILES string of the molecule is COc1ccc2oc(CNC(=O)c3onc4c3CCCC4)nc2c1. The number of benzene rings is 1. The van der Waals surface area contributed by atoms with Gasteiger partial charge in [0.05, 0.1) is 19.3 Å². The van der Waals surface area contributed by atoms with Crippen LogP contribution in [0.3, 0.4) is 0 Å². The van der Waals surface area contributed by atoms with Crippen LogP contribution in [-0.2, 0) is 19.4 Å². The first-order valence-corrected chi connectivity index (χ1v) is 7.93. The summed E-state index contributed by atoms with van der Waals surface area (Å²) in [5.41, 5.74) is 3.18. The van der Waals surface area contributed by atoms with Crippen LogP contribution in [0.15, 0.2) is 27.1 Å². The van der Waals surface area contributed by atoms with Gasteiger partial charge < -0.3 is 19.0 Å². The number of aryl methyl sites for hydroxylation is 1.